The zero-order valence-corrected chi connectivity index (χ0v) is 15.3. The van der Waals surface area contributed by atoms with Gasteiger partial charge in [0.15, 0.2) is 0 Å². The second-order valence-corrected chi connectivity index (χ2v) is 5.83. The van der Waals surface area contributed by atoms with E-state index in [1.54, 1.807) is 11.0 Å². The van der Waals surface area contributed by atoms with Gasteiger partial charge < -0.3 is 19.4 Å². The first-order chi connectivity index (χ1) is 12.3. The maximum atomic E-state index is 12.5. The highest BCUT2D eigenvalue weighted by atomic mass is 16.2. The van der Waals surface area contributed by atoms with Gasteiger partial charge in [-0.3, -0.25) is 19.2 Å². The molecule has 2 aromatic rings. The molecule has 2 aromatic heterocycles. The zero-order valence-electron chi connectivity index (χ0n) is 15.3. The Morgan fingerprint density at radius 1 is 1.08 bits per heavy atom. The van der Waals surface area contributed by atoms with Crippen molar-refractivity contribution in [2.24, 2.45) is 14.1 Å². The molecule has 2 heterocycles. The van der Waals surface area contributed by atoms with E-state index in [0.717, 1.165) is 0 Å². The Balaban J connectivity index is 2.42. The molecule has 0 bridgehead atoms. The van der Waals surface area contributed by atoms with Gasteiger partial charge in [0.05, 0.1) is 5.56 Å². The summed E-state index contributed by atoms with van der Waals surface area (Å²) in [5.74, 6) is -0.938. The Hall–Kier alpha value is -3.16. The third kappa shape index (κ3) is 3.74. The lowest BCUT2D eigenvalue weighted by Gasteiger charge is -2.19. The predicted octanol–water partition coefficient (Wildman–Crippen LogP) is 0.818. The number of aryl methyl sites for hydroxylation is 2. The van der Waals surface area contributed by atoms with Crippen molar-refractivity contribution in [3.05, 3.63) is 62.4 Å². The number of amides is 2. The summed E-state index contributed by atoms with van der Waals surface area (Å²) in [4.78, 5) is 50.9. The number of pyridine rings is 2. The normalized spacial score (nSPS) is 10.5. The van der Waals surface area contributed by atoms with Crippen molar-refractivity contribution in [2.45, 2.75) is 13.8 Å². The molecule has 0 aliphatic carbocycles. The third-order valence-corrected chi connectivity index (χ3v) is 4.10. The second-order valence-electron chi connectivity index (χ2n) is 5.83. The van der Waals surface area contributed by atoms with Gasteiger partial charge in [-0.05, 0) is 32.0 Å². The van der Waals surface area contributed by atoms with Gasteiger partial charge >= 0.3 is 0 Å². The van der Waals surface area contributed by atoms with Gasteiger partial charge in [0.25, 0.3) is 22.9 Å². The molecule has 1 N–H and O–H groups in total. The van der Waals surface area contributed by atoms with Crippen LogP contribution in [-0.4, -0.2) is 38.9 Å². The molecule has 0 saturated heterocycles. The van der Waals surface area contributed by atoms with E-state index in [1.807, 2.05) is 13.8 Å². The summed E-state index contributed by atoms with van der Waals surface area (Å²) in [6.45, 7) is 4.77. The van der Waals surface area contributed by atoms with Crippen LogP contribution in [0.15, 0.2) is 40.2 Å². The predicted molar refractivity (Wildman–Crippen MR) is 98.6 cm³/mol. The number of nitrogens with one attached hydrogen (secondary N) is 1. The Kier molecular flexibility index (Phi) is 5.76. The molecule has 26 heavy (non-hydrogen) atoms. The fourth-order valence-electron chi connectivity index (χ4n) is 2.57. The Morgan fingerprint density at radius 2 is 1.73 bits per heavy atom. The minimum Gasteiger partial charge on any atom is -0.339 e. The number of hydrogen-bond donors (Lipinski definition) is 1. The molecule has 0 saturated carbocycles. The molecule has 0 atom stereocenters. The molecule has 138 valence electrons. The van der Waals surface area contributed by atoms with Crippen LogP contribution in [0, 0.1) is 0 Å². The number of carbonyl (C=O) groups excluding carboxylic acids is 2. The Bertz CT molecular complexity index is 954. The average Bonchev–Trinajstić information content (AvgIpc) is 2.61. The minimum absolute atomic E-state index is 0.0542. The van der Waals surface area contributed by atoms with Gasteiger partial charge in [-0.1, -0.05) is 0 Å². The molecule has 2 amide bonds. The van der Waals surface area contributed by atoms with Crippen molar-refractivity contribution >= 4 is 17.5 Å². The van der Waals surface area contributed by atoms with E-state index in [2.05, 4.69) is 5.32 Å². The second kappa shape index (κ2) is 7.81. The zero-order chi connectivity index (χ0) is 19.4. The first-order valence-electron chi connectivity index (χ1n) is 8.27. The molecular weight excluding hydrogens is 336 g/mol. The van der Waals surface area contributed by atoms with Gasteiger partial charge in [-0.15, -0.1) is 0 Å². The van der Waals surface area contributed by atoms with Crippen LogP contribution in [0.2, 0.25) is 0 Å². The van der Waals surface area contributed by atoms with E-state index in [9.17, 15) is 19.2 Å². The highest BCUT2D eigenvalue weighted by molar-refractivity contribution is 6.04. The fraction of sp³-hybridized carbons (Fsp3) is 0.333. The van der Waals surface area contributed by atoms with Crippen LogP contribution < -0.4 is 16.4 Å². The number of hydrogen-bond acceptors (Lipinski definition) is 4. The Morgan fingerprint density at radius 3 is 2.35 bits per heavy atom. The number of nitrogens with zero attached hydrogens (tertiary/aromatic N) is 3. The average molecular weight is 358 g/mol. The van der Waals surface area contributed by atoms with Gasteiger partial charge in [-0.2, -0.15) is 0 Å². The van der Waals surface area contributed by atoms with Gasteiger partial charge in [0, 0.05) is 39.6 Å². The van der Waals surface area contributed by atoms with Crippen LogP contribution in [0.1, 0.15) is 34.6 Å². The van der Waals surface area contributed by atoms with Crippen LogP contribution in [0.4, 0.5) is 5.69 Å². The molecule has 2 rings (SSSR count). The first-order valence-corrected chi connectivity index (χ1v) is 8.27. The van der Waals surface area contributed by atoms with Crippen molar-refractivity contribution in [2.75, 3.05) is 18.4 Å². The summed E-state index contributed by atoms with van der Waals surface area (Å²) in [5.41, 5.74) is -0.801. The van der Waals surface area contributed by atoms with Gasteiger partial charge in [0.1, 0.15) is 11.3 Å². The van der Waals surface area contributed by atoms with Gasteiger partial charge in [0.2, 0.25) is 0 Å². The Labute approximate surface area is 150 Å². The van der Waals surface area contributed by atoms with Crippen molar-refractivity contribution < 1.29 is 9.59 Å². The summed E-state index contributed by atoms with van der Waals surface area (Å²) >= 11 is 0. The van der Waals surface area contributed by atoms with Crippen molar-refractivity contribution in [1.29, 1.82) is 0 Å². The van der Waals surface area contributed by atoms with E-state index >= 15 is 0 Å². The number of carbonyl (C=O) groups is 2. The molecule has 8 heteroatoms. The molecule has 0 aliphatic rings. The molecule has 0 unspecified atom stereocenters. The highest BCUT2D eigenvalue weighted by Gasteiger charge is 2.18. The van der Waals surface area contributed by atoms with Crippen molar-refractivity contribution in [1.82, 2.24) is 14.0 Å². The van der Waals surface area contributed by atoms with Crippen LogP contribution >= 0.6 is 0 Å². The molecule has 0 spiro atoms. The largest absolute Gasteiger partial charge is 0.339 e. The number of rotatable bonds is 5. The lowest BCUT2D eigenvalue weighted by atomic mass is 10.2. The summed E-state index contributed by atoms with van der Waals surface area (Å²) in [7, 11) is 3.03. The van der Waals surface area contributed by atoms with Crippen molar-refractivity contribution in [3.63, 3.8) is 0 Å². The molecule has 0 aliphatic heterocycles. The lowest BCUT2D eigenvalue weighted by Crippen LogP contribution is -2.33. The monoisotopic (exact) mass is 358 g/mol. The molecule has 0 radical (unpaired) electrons. The molecule has 8 nitrogen and oxygen atoms in total. The van der Waals surface area contributed by atoms with Crippen LogP contribution in [-0.2, 0) is 14.1 Å². The van der Waals surface area contributed by atoms with Gasteiger partial charge in [-0.25, -0.2) is 0 Å². The summed E-state index contributed by atoms with van der Waals surface area (Å²) in [6, 6.07) is 4.29. The topological polar surface area (TPSA) is 93.4 Å². The van der Waals surface area contributed by atoms with E-state index in [1.165, 1.54) is 47.8 Å². The van der Waals surface area contributed by atoms with E-state index in [4.69, 9.17) is 0 Å². The molecular formula is C18H22N4O4. The number of anilines is 1. The number of aromatic nitrogens is 2. The standard InChI is InChI=1S/C18H22N4O4/c1-5-22(6-2)16(24)12-10-14(18(26)21(4)11-12)19-15(23)13-8-7-9-20(3)17(13)25/h7-11H,5-6H2,1-4H3,(H,19,23). The summed E-state index contributed by atoms with van der Waals surface area (Å²) in [6.07, 6.45) is 2.96. The highest BCUT2D eigenvalue weighted by Crippen LogP contribution is 2.10. The van der Waals surface area contributed by atoms with E-state index in [-0.39, 0.29) is 22.7 Å². The van der Waals surface area contributed by atoms with Crippen LogP contribution in [0.3, 0.4) is 0 Å². The quantitative estimate of drug-likeness (QED) is 0.856. The summed E-state index contributed by atoms with van der Waals surface area (Å²) in [5, 5.41) is 2.45. The maximum absolute atomic E-state index is 12.5. The van der Waals surface area contributed by atoms with Crippen molar-refractivity contribution in [3.8, 4) is 0 Å². The SMILES string of the molecule is CCN(CC)C(=O)c1cc(NC(=O)c2cccn(C)c2=O)c(=O)n(C)c1. The van der Waals surface area contributed by atoms with E-state index in [0.29, 0.717) is 13.1 Å². The lowest BCUT2D eigenvalue weighted by molar-refractivity contribution is 0.0771. The first kappa shape index (κ1) is 19.2. The van der Waals surface area contributed by atoms with Crippen LogP contribution in [0.5, 0.6) is 0 Å². The van der Waals surface area contributed by atoms with E-state index < -0.39 is 17.0 Å². The summed E-state index contributed by atoms with van der Waals surface area (Å²) < 4.78 is 2.50. The third-order valence-electron chi connectivity index (χ3n) is 4.10. The van der Waals surface area contributed by atoms with Crippen LogP contribution in [0.25, 0.3) is 0 Å². The molecule has 0 aromatic carbocycles. The fourth-order valence-corrected chi connectivity index (χ4v) is 2.57. The molecule has 0 fully saturated rings. The minimum atomic E-state index is -0.698. The smallest absolute Gasteiger partial charge is 0.274 e. The maximum Gasteiger partial charge on any atom is 0.274 e.